The Morgan fingerprint density at radius 1 is 0.857 bits per heavy atom. The molecule has 0 spiro atoms. The Morgan fingerprint density at radius 3 is 2.18 bits per heavy atom. The Kier molecular flexibility index (Phi) is 6.85. The fraction of sp³-hybridized carbons (Fsp3) is 0.125. The third-order valence-electron chi connectivity index (χ3n) is 4.17. The van der Waals surface area contributed by atoms with Crippen LogP contribution in [0.25, 0.3) is 17.2 Å². The van der Waals surface area contributed by atoms with E-state index in [1.165, 1.54) is 11.6 Å². The van der Waals surface area contributed by atoms with Gasteiger partial charge in [0.15, 0.2) is 0 Å². The number of rotatable bonds is 8. The quantitative estimate of drug-likeness (QED) is 0.465. The average Bonchev–Trinajstić information content (AvgIpc) is 2.76. The third kappa shape index (κ3) is 5.74. The van der Waals surface area contributed by atoms with E-state index in [2.05, 4.69) is 29.6 Å². The van der Waals surface area contributed by atoms with Crippen molar-refractivity contribution in [3.05, 3.63) is 90.5 Å². The second-order valence-corrected chi connectivity index (χ2v) is 6.14. The standard InChI is InChI=1S/C24H23NO3/c1-27-22-12-14-23(15-13-22)28-18-17-25-24(26)16-9-19-7-10-21(11-8-19)20-5-3-2-4-6-20/h2-16H,17-18H2,1H3,(H,25,26). The summed E-state index contributed by atoms with van der Waals surface area (Å²) < 4.78 is 10.7. The maximum atomic E-state index is 11.9. The van der Waals surface area contributed by atoms with Gasteiger partial charge in [-0.2, -0.15) is 0 Å². The van der Waals surface area contributed by atoms with Gasteiger partial charge in [-0.15, -0.1) is 0 Å². The molecule has 4 heteroatoms. The molecule has 1 amide bonds. The van der Waals surface area contributed by atoms with Crippen LogP contribution in [0.15, 0.2) is 84.9 Å². The highest BCUT2D eigenvalue weighted by molar-refractivity contribution is 5.91. The van der Waals surface area contributed by atoms with E-state index in [0.29, 0.717) is 13.2 Å². The Morgan fingerprint density at radius 2 is 1.50 bits per heavy atom. The van der Waals surface area contributed by atoms with E-state index in [1.807, 2.05) is 54.6 Å². The molecule has 28 heavy (non-hydrogen) atoms. The first-order valence-corrected chi connectivity index (χ1v) is 9.13. The molecule has 0 fully saturated rings. The van der Waals surface area contributed by atoms with E-state index in [1.54, 1.807) is 13.2 Å². The molecule has 3 aromatic rings. The number of carbonyl (C=O) groups is 1. The van der Waals surface area contributed by atoms with Crippen molar-refractivity contribution in [3.8, 4) is 22.6 Å². The SMILES string of the molecule is COc1ccc(OCCNC(=O)C=Cc2ccc(-c3ccccc3)cc2)cc1. The molecule has 0 saturated heterocycles. The lowest BCUT2D eigenvalue weighted by Crippen LogP contribution is -2.26. The van der Waals surface area contributed by atoms with Gasteiger partial charge in [0, 0.05) is 6.08 Å². The van der Waals surface area contributed by atoms with Crippen LogP contribution in [0.3, 0.4) is 0 Å². The van der Waals surface area contributed by atoms with Crippen LogP contribution in [0, 0.1) is 0 Å². The minimum absolute atomic E-state index is 0.148. The fourth-order valence-corrected chi connectivity index (χ4v) is 2.66. The molecule has 0 aliphatic carbocycles. The van der Waals surface area contributed by atoms with Gasteiger partial charge in [-0.1, -0.05) is 54.6 Å². The lowest BCUT2D eigenvalue weighted by molar-refractivity contribution is -0.116. The van der Waals surface area contributed by atoms with E-state index in [9.17, 15) is 4.79 Å². The maximum Gasteiger partial charge on any atom is 0.244 e. The van der Waals surface area contributed by atoms with Crippen molar-refractivity contribution in [3.63, 3.8) is 0 Å². The minimum Gasteiger partial charge on any atom is -0.497 e. The number of hydrogen-bond acceptors (Lipinski definition) is 3. The Bertz CT molecular complexity index is 901. The van der Waals surface area contributed by atoms with Gasteiger partial charge in [-0.25, -0.2) is 0 Å². The van der Waals surface area contributed by atoms with Gasteiger partial charge in [0.2, 0.25) is 5.91 Å². The van der Waals surface area contributed by atoms with Gasteiger partial charge in [0.1, 0.15) is 18.1 Å². The molecule has 1 N–H and O–H groups in total. The van der Waals surface area contributed by atoms with Crippen molar-refractivity contribution in [1.29, 1.82) is 0 Å². The van der Waals surface area contributed by atoms with Crippen LogP contribution in [0.1, 0.15) is 5.56 Å². The molecule has 0 heterocycles. The molecule has 0 bridgehead atoms. The molecule has 3 rings (SSSR count). The van der Waals surface area contributed by atoms with Crippen LogP contribution in [0.4, 0.5) is 0 Å². The second kappa shape index (κ2) is 9.97. The normalized spacial score (nSPS) is 10.6. The van der Waals surface area contributed by atoms with E-state index >= 15 is 0 Å². The van der Waals surface area contributed by atoms with Gasteiger partial charge in [0.05, 0.1) is 13.7 Å². The van der Waals surface area contributed by atoms with E-state index in [4.69, 9.17) is 9.47 Å². The highest BCUT2D eigenvalue weighted by Crippen LogP contribution is 2.19. The smallest absolute Gasteiger partial charge is 0.244 e. The number of ether oxygens (including phenoxy) is 2. The summed E-state index contributed by atoms with van der Waals surface area (Å²) in [5, 5.41) is 2.81. The number of methoxy groups -OCH3 is 1. The van der Waals surface area contributed by atoms with Crippen molar-refractivity contribution in [1.82, 2.24) is 5.32 Å². The second-order valence-electron chi connectivity index (χ2n) is 6.14. The molecule has 0 radical (unpaired) electrons. The first-order valence-electron chi connectivity index (χ1n) is 9.13. The van der Waals surface area contributed by atoms with E-state index < -0.39 is 0 Å². The highest BCUT2D eigenvalue weighted by Gasteiger charge is 1.99. The van der Waals surface area contributed by atoms with Crippen molar-refractivity contribution in [2.24, 2.45) is 0 Å². The summed E-state index contributed by atoms with van der Waals surface area (Å²) in [5.41, 5.74) is 3.30. The first kappa shape index (κ1) is 19.2. The van der Waals surface area contributed by atoms with Crippen LogP contribution < -0.4 is 14.8 Å². The maximum absolute atomic E-state index is 11.9. The molecule has 0 aliphatic heterocycles. The van der Waals surface area contributed by atoms with Crippen molar-refractivity contribution < 1.29 is 14.3 Å². The molecule has 0 aromatic heterocycles. The highest BCUT2D eigenvalue weighted by atomic mass is 16.5. The van der Waals surface area contributed by atoms with E-state index in [0.717, 1.165) is 22.6 Å². The summed E-state index contributed by atoms with van der Waals surface area (Å²) in [4.78, 5) is 11.9. The zero-order chi connectivity index (χ0) is 19.6. The van der Waals surface area contributed by atoms with E-state index in [-0.39, 0.29) is 5.91 Å². The molecule has 142 valence electrons. The molecule has 0 aliphatic rings. The lowest BCUT2D eigenvalue weighted by Gasteiger charge is -2.07. The largest absolute Gasteiger partial charge is 0.497 e. The third-order valence-corrected chi connectivity index (χ3v) is 4.17. The van der Waals surface area contributed by atoms with Gasteiger partial charge in [-0.05, 0) is 47.0 Å². The van der Waals surface area contributed by atoms with Crippen LogP contribution in [0.5, 0.6) is 11.5 Å². The van der Waals surface area contributed by atoms with Crippen molar-refractivity contribution >= 4 is 12.0 Å². The molecule has 3 aromatic carbocycles. The number of carbonyl (C=O) groups excluding carboxylic acids is 1. The summed E-state index contributed by atoms with van der Waals surface area (Å²) in [6.45, 7) is 0.833. The van der Waals surface area contributed by atoms with Crippen LogP contribution >= 0.6 is 0 Å². The summed E-state index contributed by atoms with van der Waals surface area (Å²) >= 11 is 0. The predicted octanol–water partition coefficient (Wildman–Crippen LogP) is 4.57. The average molecular weight is 373 g/mol. The monoisotopic (exact) mass is 373 g/mol. The van der Waals surface area contributed by atoms with Crippen LogP contribution in [0.2, 0.25) is 0 Å². The Balaban J connectivity index is 1.42. The zero-order valence-corrected chi connectivity index (χ0v) is 15.8. The molecule has 4 nitrogen and oxygen atoms in total. The molecule has 0 atom stereocenters. The number of nitrogens with one attached hydrogen (secondary N) is 1. The van der Waals surface area contributed by atoms with Crippen LogP contribution in [-0.2, 0) is 4.79 Å². The number of amides is 1. The van der Waals surface area contributed by atoms with Gasteiger partial charge in [-0.3, -0.25) is 4.79 Å². The predicted molar refractivity (Wildman–Crippen MR) is 112 cm³/mol. The molecule has 0 unspecified atom stereocenters. The minimum atomic E-state index is -0.148. The summed E-state index contributed by atoms with van der Waals surface area (Å²) in [6.07, 6.45) is 3.33. The zero-order valence-electron chi connectivity index (χ0n) is 15.8. The molecular formula is C24H23NO3. The molecule has 0 saturated carbocycles. The van der Waals surface area contributed by atoms with Gasteiger partial charge < -0.3 is 14.8 Å². The summed E-state index contributed by atoms with van der Waals surface area (Å²) in [5.74, 6) is 1.37. The van der Waals surface area contributed by atoms with Crippen molar-refractivity contribution in [2.75, 3.05) is 20.3 Å². The molecular weight excluding hydrogens is 350 g/mol. The fourth-order valence-electron chi connectivity index (χ4n) is 2.66. The summed E-state index contributed by atoms with van der Waals surface area (Å²) in [7, 11) is 1.62. The Hall–Kier alpha value is -3.53. The number of hydrogen-bond donors (Lipinski definition) is 1. The Labute approximate surface area is 165 Å². The topological polar surface area (TPSA) is 47.6 Å². The van der Waals surface area contributed by atoms with Gasteiger partial charge in [0.25, 0.3) is 0 Å². The van der Waals surface area contributed by atoms with Crippen LogP contribution in [-0.4, -0.2) is 26.2 Å². The lowest BCUT2D eigenvalue weighted by atomic mass is 10.0. The van der Waals surface area contributed by atoms with Crippen molar-refractivity contribution in [2.45, 2.75) is 0 Å². The summed E-state index contributed by atoms with van der Waals surface area (Å²) in [6, 6.07) is 25.6. The number of benzene rings is 3. The van der Waals surface area contributed by atoms with Gasteiger partial charge >= 0.3 is 0 Å². The first-order chi connectivity index (χ1) is 13.7.